The molecule has 0 heterocycles. The molecule has 0 radical (unpaired) electrons. The van der Waals surface area contributed by atoms with Gasteiger partial charge in [0.15, 0.2) is 0 Å². The predicted octanol–water partition coefficient (Wildman–Crippen LogP) is 3.17. The summed E-state index contributed by atoms with van der Waals surface area (Å²) in [4.78, 5) is 21.9. The van der Waals surface area contributed by atoms with Crippen LogP contribution in [0.4, 0.5) is 5.69 Å². The maximum absolute atomic E-state index is 11.8. The zero-order chi connectivity index (χ0) is 15.9. The lowest BCUT2D eigenvalue weighted by atomic mass is 10.2. The molecule has 0 aliphatic rings. The van der Waals surface area contributed by atoms with E-state index in [9.17, 15) is 14.9 Å². The number of carbonyl (C=O) groups is 1. The number of nitro groups is 1. The highest BCUT2D eigenvalue weighted by Gasteiger charge is 2.08. The molecule has 0 atom stereocenters. The summed E-state index contributed by atoms with van der Waals surface area (Å²) in [5.41, 5.74) is 0.322. The molecule has 0 spiro atoms. The summed E-state index contributed by atoms with van der Waals surface area (Å²) in [7, 11) is 0. The monoisotopic (exact) mass is 364 g/mol. The summed E-state index contributed by atoms with van der Waals surface area (Å²) in [5, 5.41) is 13.2. The van der Waals surface area contributed by atoms with Gasteiger partial charge in [-0.2, -0.15) is 0 Å². The van der Waals surface area contributed by atoms with Gasteiger partial charge in [-0.3, -0.25) is 14.9 Å². The van der Waals surface area contributed by atoms with Crippen molar-refractivity contribution >= 4 is 27.5 Å². The van der Waals surface area contributed by atoms with E-state index in [1.54, 1.807) is 0 Å². The molecule has 2 rings (SSSR count). The summed E-state index contributed by atoms with van der Waals surface area (Å²) in [6.45, 7) is 0.664. The van der Waals surface area contributed by atoms with Crippen molar-refractivity contribution < 1.29 is 14.5 Å². The number of non-ortho nitro benzene ring substituents is 1. The second kappa shape index (κ2) is 7.56. The molecule has 0 aromatic heterocycles. The van der Waals surface area contributed by atoms with Crippen LogP contribution in [0.25, 0.3) is 0 Å². The van der Waals surface area contributed by atoms with Gasteiger partial charge in [0.2, 0.25) is 0 Å². The normalized spacial score (nSPS) is 10.0. The summed E-state index contributed by atoms with van der Waals surface area (Å²) in [6.07, 6.45) is 0. The number of carbonyl (C=O) groups excluding carboxylic acids is 1. The summed E-state index contributed by atoms with van der Waals surface area (Å²) < 4.78 is 6.41. The van der Waals surface area contributed by atoms with Crippen LogP contribution in [-0.4, -0.2) is 24.0 Å². The van der Waals surface area contributed by atoms with Gasteiger partial charge in [-0.05, 0) is 30.3 Å². The maximum atomic E-state index is 11.8. The summed E-state index contributed by atoms with van der Waals surface area (Å²) in [5.74, 6) is 0.409. The molecule has 1 amide bonds. The van der Waals surface area contributed by atoms with Crippen LogP contribution in [0.3, 0.4) is 0 Å². The largest absolute Gasteiger partial charge is 0.492 e. The third-order valence-corrected chi connectivity index (χ3v) is 3.29. The van der Waals surface area contributed by atoms with Crippen molar-refractivity contribution in [2.45, 2.75) is 0 Å². The third kappa shape index (κ3) is 4.56. The molecule has 2 aromatic rings. The Bertz CT molecular complexity index is 673. The van der Waals surface area contributed by atoms with Crippen LogP contribution in [0, 0.1) is 10.1 Å². The van der Waals surface area contributed by atoms with Gasteiger partial charge in [-0.15, -0.1) is 0 Å². The first-order chi connectivity index (χ1) is 10.6. The standard InChI is InChI=1S/C15H13BrN2O4/c16-12-2-1-3-14(10-12)22-9-8-17-15(19)11-4-6-13(7-5-11)18(20)21/h1-7,10H,8-9H2,(H,17,19). The molecular formula is C15H13BrN2O4. The number of halogens is 1. The van der Waals surface area contributed by atoms with Crippen molar-refractivity contribution in [1.82, 2.24) is 5.32 Å². The van der Waals surface area contributed by atoms with Crippen molar-refractivity contribution in [3.8, 4) is 5.75 Å². The Labute approximate surface area is 135 Å². The third-order valence-electron chi connectivity index (χ3n) is 2.79. The molecule has 0 saturated heterocycles. The molecule has 22 heavy (non-hydrogen) atoms. The minimum Gasteiger partial charge on any atom is -0.492 e. The molecule has 0 aliphatic heterocycles. The van der Waals surface area contributed by atoms with E-state index in [4.69, 9.17) is 4.74 Å². The molecule has 0 bridgehead atoms. The van der Waals surface area contributed by atoms with Gasteiger partial charge in [-0.1, -0.05) is 22.0 Å². The SMILES string of the molecule is O=C(NCCOc1cccc(Br)c1)c1ccc([N+](=O)[O-])cc1. The number of amides is 1. The van der Waals surface area contributed by atoms with Crippen molar-refractivity contribution in [2.24, 2.45) is 0 Å². The van der Waals surface area contributed by atoms with Crippen molar-refractivity contribution in [2.75, 3.05) is 13.2 Å². The zero-order valence-corrected chi connectivity index (χ0v) is 13.1. The van der Waals surface area contributed by atoms with Crippen molar-refractivity contribution in [1.29, 1.82) is 0 Å². The van der Waals surface area contributed by atoms with Gasteiger partial charge < -0.3 is 10.1 Å². The molecule has 0 fully saturated rings. The lowest BCUT2D eigenvalue weighted by Gasteiger charge is -2.08. The Morgan fingerprint density at radius 1 is 1.23 bits per heavy atom. The first-order valence-electron chi connectivity index (χ1n) is 6.47. The number of benzene rings is 2. The number of hydrogen-bond acceptors (Lipinski definition) is 4. The quantitative estimate of drug-likeness (QED) is 0.484. The summed E-state index contributed by atoms with van der Waals surface area (Å²) >= 11 is 3.34. The smallest absolute Gasteiger partial charge is 0.269 e. The van der Waals surface area contributed by atoms with Gasteiger partial charge in [-0.25, -0.2) is 0 Å². The Morgan fingerprint density at radius 2 is 1.95 bits per heavy atom. The molecule has 7 heteroatoms. The zero-order valence-electron chi connectivity index (χ0n) is 11.5. The fourth-order valence-corrected chi connectivity index (χ4v) is 2.11. The first-order valence-corrected chi connectivity index (χ1v) is 7.26. The number of ether oxygens (including phenoxy) is 1. The van der Waals surface area contributed by atoms with E-state index in [0.29, 0.717) is 24.5 Å². The number of rotatable bonds is 6. The molecule has 114 valence electrons. The Kier molecular flexibility index (Phi) is 5.48. The number of hydrogen-bond donors (Lipinski definition) is 1. The van der Waals surface area contributed by atoms with E-state index in [1.165, 1.54) is 24.3 Å². The van der Waals surface area contributed by atoms with Gasteiger partial charge in [0, 0.05) is 22.2 Å². The summed E-state index contributed by atoms with van der Waals surface area (Å²) in [6, 6.07) is 12.8. The van der Waals surface area contributed by atoms with E-state index < -0.39 is 4.92 Å². The fraction of sp³-hybridized carbons (Fsp3) is 0.133. The van der Waals surface area contributed by atoms with Gasteiger partial charge in [0.25, 0.3) is 11.6 Å². The predicted molar refractivity (Wildman–Crippen MR) is 85.1 cm³/mol. The van der Waals surface area contributed by atoms with Crippen LogP contribution in [0.2, 0.25) is 0 Å². The van der Waals surface area contributed by atoms with E-state index in [0.717, 1.165) is 4.47 Å². The number of nitrogens with zero attached hydrogens (tertiary/aromatic N) is 1. The molecular weight excluding hydrogens is 352 g/mol. The lowest BCUT2D eigenvalue weighted by molar-refractivity contribution is -0.384. The van der Waals surface area contributed by atoms with Crippen LogP contribution in [0.15, 0.2) is 53.0 Å². The molecule has 6 nitrogen and oxygen atoms in total. The van der Waals surface area contributed by atoms with Crippen LogP contribution < -0.4 is 10.1 Å². The Balaban J connectivity index is 1.79. The highest BCUT2D eigenvalue weighted by molar-refractivity contribution is 9.10. The van der Waals surface area contributed by atoms with Crippen LogP contribution in [-0.2, 0) is 0 Å². The second-order valence-electron chi connectivity index (χ2n) is 4.37. The average molecular weight is 365 g/mol. The average Bonchev–Trinajstić information content (AvgIpc) is 2.51. The fourth-order valence-electron chi connectivity index (χ4n) is 1.73. The topological polar surface area (TPSA) is 81.5 Å². The molecule has 0 saturated carbocycles. The van der Waals surface area contributed by atoms with Crippen LogP contribution in [0.1, 0.15) is 10.4 Å². The molecule has 1 N–H and O–H groups in total. The van der Waals surface area contributed by atoms with E-state index in [1.807, 2.05) is 24.3 Å². The Hall–Kier alpha value is -2.41. The first kappa shape index (κ1) is 16.0. The van der Waals surface area contributed by atoms with E-state index >= 15 is 0 Å². The minimum absolute atomic E-state index is 0.0467. The van der Waals surface area contributed by atoms with Gasteiger partial charge in [0.05, 0.1) is 11.5 Å². The number of nitrogens with one attached hydrogen (secondary N) is 1. The van der Waals surface area contributed by atoms with E-state index in [-0.39, 0.29) is 11.6 Å². The molecule has 2 aromatic carbocycles. The Morgan fingerprint density at radius 3 is 2.59 bits per heavy atom. The highest BCUT2D eigenvalue weighted by atomic mass is 79.9. The van der Waals surface area contributed by atoms with Crippen LogP contribution >= 0.6 is 15.9 Å². The molecule has 0 unspecified atom stereocenters. The lowest BCUT2D eigenvalue weighted by Crippen LogP contribution is -2.28. The van der Waals surface area contributed by atoms with Crippen molar-refractivity contribution in [3.63, 3.8) is 0 Å². The highest BCUT2D eigenvalue weighted by Crippen LogP contribution is 2.17. The van der Waals surface area contributed by atoms with Gasteiger partial charge in [0.1, 0.15) is 12.4 Å². The maximum Gasteiger partial charge on any atom is 0.269 e. The molecule has 0 aliphatic carbocycles. The van der Waals surface area contributed by atoms with Crippen molar-refractivity contribution in [3.05, 3.63) is 68.7 Å². The second-order valence-corrected chi connectivity index (χ2v) is 5.28. The van der Waals surface area contributed by atoms with Crippen LogP contribution in [0.5, 0.6) is 5.75 Å². The van der Waals surface area contributed by atoms with E-state index in [2.05, 4.69) is 21.2 Å². The number of nitro benzene ring substituents is 1. The van der Waals surface area contributed by atoms with Gasteiger partial charge >= 0.3 is 0 Å². The minimum atomic E-state index is -0.506.